The van der Waals surface area contributed by atoms with Gasteiger partial charge in [-0.05, 0) is 65.0 Å². The van der Waals surface area contributed by atoms with Crippen LogP contribution in [0.3, 0.4) is 0 Å². The number of hydrogen-bond acceptors (Lipinski definition) is 3. The molecule has 1 amide bonds. The molecule has 0 saturated heterocycles. The molecule has 1 aliphatic carbocycles. The molecule has 1 N–H and O–H groups in total. The average molecular weight is 527 g/mol. The predicted octanol–water partition coefficient (Wildman–Crippen LogP) is 4.32. The van der Waals surface area contributed by atoms with E-state index in [0.717, 1.165) is 28.7 Å². The summed E-state index contributed by atoms with van der Waals surface area (Å²) in [5, 5.41) is 10.8. The van der Waals surface area contributed by atoms with Gasteiger partial charge in [-0.3, -0.25) is 14.2 Å². The molecule has 0 bridgehead atoms. The molecule has 0 atom stereocenters. The maximum Gasteiger partial charge on any atom is 0.436 e. The summed E-state index contributed by atoms with van der Waals surface area (Å²) in [6.45, 7) is 4.67. The van der Waals surface area contributed by atoms with E-state index >= 15 is 0 Å². The third-order valence-corrected chi connectivity index (χ3v) is 6.55. The van der Waals surface area contributed by atoms with E-state index in [1.54, 1.807) is 0 Å². The van der Waals surface area contributed by atoms with E-state index in [1.165, 1.54) is 4.68 Å². The molecule has 3 rings (SSSR count). The highest BCUT2D eigenvalue weighted by Crippen LogP contribution is 2.46. The first-order valence-corrected chi connectivity index (χ1v) is 10.5. The Bertz CT molecular complexity index is 886. The Morgan fingerprint density at radius 1 is 1.18 bits per heavy atom. The molecule has 2 aromatic rings. The number of aromatic nitrogens is 4. The minimum Gasteiger partial charge on any atom is -0.354 e. The highest BCUT2D eigenvalue weighted by molar-refractivity contribution is 9.10. The molecule has 1 aliphatic rings. The van der Waals surface area contributed by atoms with Gasteiger partial charge in [0.2, 0.25) is 5.91 Å². The number of aryl methyl sites for hydroxylation is 2. The lowest BCUT2D eigenvalue weighted by Gasteiger charge is -2.09. The molecule has 0 aliphatic heterocycles. The lowest BCUT2D eigenvalue weighted by molar-refractivity contribution is -0.142. The summed E-state index contributed by atoms with van der Waals surface area (Å²) in [6, 6.07) is 0. The van der Waals surface area contributed by atoms with Crippen molar-refractivity contribution in [1.29, 1.82) is 0 Å². The van der Waals surface area contributed by atoms with Gasteiger partial charge in [0.05, 0.1) is 20.3 Å². The number of carbonyl (C=O) groups is 1. The van der Waals surface area contributed by atoms with Gasteiger partial charge in [0.1, 0.15) is 6.54 Å². The zero-order valence-corrected chi connectivity index (χ0v) is 18.6. The number of halogens is 5. The third-order valence-electron chi connectivity index (χ3n) is 4.62. The Hall–Kier alpha value is -1.36. The summed E-state index contributed by atoms with van der Waals surface area (Å²) in [6.07, 6.45) is -2.28. The molecule has 0 aromatic carbocycles. The van der Waals surface area contributed by atoms with Crippen molar-refractivity contribution in [1.82, 2.24) is 24.9 Å². The second-order valence-corrected chi connectivity index (χ2v) is 8.47. The second kappa shape index (κ2) is 8.17. The van der Waals surface area contributed by atoms with Crippen molar-refractivity contribution in [2.45, 2.75) is 58.3 Å². The van der Waals surface area contributed by atoms with Gasteiger partial charge in [-0.25, -0.2) is 0 Å². The fourth-order valence-corrected chi connectivity index (χ4v) is 4.16. The van der Waals surface area contributed by atoms with Crippen molar-refractivity contribution in [3.63, 3.8) is 0 Å². The van der Waals surface area contributed by atoms with Gasteiger partial charge >= 0.3 is 6.18 Å². The van der Waals surface area contributed by atoms with E-state index in [2.05, 4.69) is 47.4 Å². The highest BCUT2D eigenvalue weighted by Gasteiger charge is 2.41. The summed E-state index contributed by atoms with van der Waals surface area (Å²) in [5.74, 6) is -0.338. The number of carbonyl (C=O) groups excluding carboxylic acids is 1. The van der Waals surface area contributed by atoms with Gasteiger partial charge in [0.15, 0.2) is 5.69 Å². The normalized spacial score (nSPS) is 14.5. The Kier molecular flexibility index (Phi) is 6.23. The van der Waals surface area contributed by atoms with E-state index in [-0.39, 0.29) is 22.8 Å². The van der Waals surface area contributed by atoms with Crippen LogP contribution in [0.15, 0.2) is 8.95 Å². The molecule has 1 fully saturated rings. The summed E-state index contributed by atoms with van der Waals surface area (Å²) in [7, 11) is 0. The van der Waals surface area contributed by atoms with Crippen LogP contribution in [0.1, 0.15) is 48.0 Å². The van der Waals surface area contributed by atoms with Gasteiger partial charge in [-0.1, -0.05) is 0 Å². The Morgan fingerprint density at radius 3 is 2.39 bits per heavy atom. The van der Waals surface area contributed by atoms with Crippen LogP contribution in [0.5, 0.6) is 0 Å². The molecule has 0 unspecified atom stereocenters. The first-order chi connectivity index (χ1) is 13.1. The molecular formula is C17H20Br2F3N5O. The standard InChI is InChI=1S/C17H20Br2F3N5O/c1-9-13(18)10(2)26(24-9)7-3-6-23-12(28)8-27-15(11-4-5-11)14(19)16(25-27)17(20,21)22/h11H,3-8H2,1-2H3,(H,23,28). The summed E-state index contributed by atoms with van der Waals surface area (Å²) in [5.41, 5.74) is 1.39. The number of nitrogens with one attached hydrogen (secondary N) is 1. The van der Waals surface area contributed by atoms with E-state index in [9.17, 15) is 18.0 Å². The molecule has 1 saturated carbocycles. The molecule has 2 heterocycles. The van der Waals surface area contributed by atoms with Crippen molar-refractivity contribution >= 4 is 37.8 Å². The molecule has 2 aromatic heterocycles. The van der Waals surface area contributed by atoms with E-state index in [4.69, 9.17) is 0 Å². The number of alkyl halides is 3. The number of rotatable bonds is 7. The highest BCUT2D eigenvalue weighted by atomic mass is 79.9. The maximum atomic E-state index is 13.1. The van der Waals surface area contributed by atoms with Crippen LogP contribution in [0.2, 0.25) is 0 Å². The summed E-state index contributed by atoms with van der Waals surface area (Å²) in [4.78, 5) is 12.2. The van der Waals surface area contributed by atoms with Crippen molar-refractivity contribution in [2.24, 2.45) is 0 Å². The molecule has 0 radical (unpaired) electrons. The lowest BCUT2D eigenvalue weighted by atomic mass is 10.2. The van der Waals surface area contributed by atoms with Crippen molar-refractivity contribution in [2.75, 3.05) is 6.54 Å². The zero-order valence-electron chi connectivity index (χ0n) is 15.4. The summed E-state index contributed by atoms with van der Waals surface area (Å²) >= 11 is 6.49. The molecule has 11 heteroatoms. The van der Waals surface area contributed by atoms with E-state index < -0.39 is 11.9 Å². The van der Waals surface area contributed by atoms with E-state index in [1.807, 2.05) is 18.5 Å². The summed E-state index contributed by atoms with van der Waals surface area (Å²) < 4.78 is 43.3. The second-order valence-electron chi connectivity index (χ2n) is 6.89. The fourth-order valence-electron chi connectivity index (χ4n) is 3.04. The average Bonchev–Trinajstić information content (AvgIpc) is 3.34. The van der Waals surface area contributed by atoms with Crippen molar-refractivity contribution in [3.05, 3.63) is 31.7 Å². The maximum absolute atomic E-state index is 13.1. The molecular weight excluding hydrogens is 507 g/mol. The van der Waals surface area contributed by atoms with E-state index in [0.29, 0.717) is 25.2 Å². The molecule has 6 nitrogen and oxygen atoms in total. The lowest BCUT2D eigenvalue weighted by Crippen LogP contribution is -2.30. The Labute approximate surface area is 177 Å². The third kappa shape index (κ3) is 4.61. The van der Waals surface area contributed by atoms with Crippen molar-refractivity contribution in [3.8, 4) is 0 Å². The van der Waals surface area contributed by atoms with Crippen LogP contribution in [0.25, 0.3) is 0 Å². The van der Waals surface area contributed by atoms with Crippen LogP contribution in [-0.4, -0.2) is 32.0 Å². The number of nitrogens with zero attached hydrogens (tertiary/aromatic N) is 4. The first-order valence-electron chi connectivity index (χ1n) is 8.89. The zero-order chi connectivity index (χ0) is 20.6. The molecule has 0 spiro atoms. The largest absolute Gasteiger partial charge is 0.436 e. The molecule has 154 valence electrons. The van der Waals surface area contributed by atoms with Crippen LogP contribution in [0, 0.1) is 13.8 Å². The minimum atomic E-state index is -4.56. The quantitative estimate of drug-likeness (QED) is 0.546. The Morgan fingerprint density at radius 2 is 1.86 bits per heavy atom. The van der Waals surface area contributed by atoms with Gasteiger partial charge in [-0.15, -0.1) is 0 Å². The van der Waals surface area contributed by atoms with Crippen LogP contribution in [0.4, 0.5) is 13.2 Å². The van der Waals surface area contributed by atoms with Gasteiger partial charge < -0.3 is 5.32 Å². The predicted molar refractivity (Wildman–Crippen MR) is 104 cm³/mol. The van der Waals surface area contributed by atoms with Crippen LogP contribution >= 0.6 is 31.9 Å². The smallest absolute Gasteiger partial charge is 0.354 e. The number of amides is 1. The Balaban J connectivity index is 1.57. The minimum absolute atomic E-state index is 0.0234. The monoisotopic (exact) mass is 525 g/mol. The topological polar surface area (TPSA) is 64.7 Å². The molecule has 28 heavy (non-hydrogen) atoms. The van der Waals surface area contributed by atoms with Gasteiger partial charge in [0.25, 0.3) is 0 Å². The van der Waals surface area contributed by atoms with Gasteiger partial charge in [-0.2, -0.15) is 23.4 Å². The number of hydrogen-bond donors (Lipinski definition) is 1. The first kappa shape index (κ1) is 21.4. The van der Waals surface area contributed by atoms with Crippen LogP contribution < -0.4 is 5.32 Å². The van der Waals surface area contributed by atoms with Crippen molar-refractivity contribution < 1.29 is 18.0 Å². The van der Waals surface area contributed by atoms with Crippen LogP contribution in [-0.2, 0) is 24.1 Å². The fraction of sp³-hybridized carbons (Fsp3) is 0.588. The SMILES string of the molecule is Cc1nn(CCCNC(=O)Cn2nc(C(F)(F)F)c(Br)c2C2CC2)c(C)c1Br. The van der Waals surface area contributed by atoms with Gasteiger partial charge in [0, 0.05) is 24.7 Å².